The number of hydrogen-bond acceptors (Lipinski definition) is 2. The van der Waals surface area contributed by atoms with E-state index in [1.165, 1.54) is 0 Å². The monoisotopic (exact) mass is 242 g/mol. The molecule has 0 aromatic carbocycles. The van der Waals surface area contributed by atoms with Gasteiger partial charge in [-0.25, -0.2) is 0 Å². The van der Waals surface area contributed by atoms with Crippen molar-refractivity contribution >= 4 is 11.8 Å². The summed E-state index contributed by atoms with van der Waals surface area (Å²) < 4.78 is 0. The lowest BCUT2D eigenvalue weighted by atomic mass is 10.1. The molecule has 0 fully saturated rings. The number of carbonyl (C=O) groups excluding carboxylic acids is 2. The minimum absolute atomic E-state index is 0.00265. The molecule has 4 heteroatoms. The standard InChI is InChI=1S/C13H26N2O2/c1-10(2)5-7-12(16)14-9-15-13(17)8-6-11(3)4/h10-11H,5-9H2,1-4H3,(H,14,16)(H,15,17). The molecule has 0 heterocycles. The van der Waals surface area contributed by atoms with Gasteiger partial charge in [-0.15, -0.1) is 0 Å². The Bertz CT molecular complexity index is 214. The van der Waals surface area contributed by atoms with Gasteiger partial charge in [0.05, 0.1) is 6.67 Å². The third kappa shape index (κ3) is 11.2. The molecule has 0 radical (unpaired) electrons. The van der Waals surface area contributed by atoms with Gasteiger partial charge in [0.25, 0.3) is 0 Å². The summed E-state index contributed by atoms with van der Waals surface area (Å²) in [4.78, 5) is 22.7. The van der Waals surface area contributed by atoms with E-state index in [2.05, 4.69) is 38.3 Å². The second-order valence-electron chi connectivity index (χ2n) is 5.24. The summed E-state index contributed by atoms with van der Waals surface area (Å²) in [7, 11) is 0. The molecule has 2 amide bonds. The van der Waals surface area contributed by atoms with E-state index in [9.17, 15) is 9.59 Å². The normalized spacial score (nSPS) is 10.7. The van der Waals surface area contributed by atoms with Crippen molar-refractivity contribution in [1.29, 1.82) is 0 Å². The summed E-state index contributed by atoms with van der Waals surface area (Å²) in [6.07, 6.45) is 2.82. The average molecular weight is 242 g/mol. The highest BCUT2D eigenvalue weighted by Crippen LogP contribution is 2.03. The van der Waals surface area contributed by atoms with Crippen LogP contribution < -0.4 is 10.6 Å². The van der Waals surface area contributed by atoms with Gasteiger partial charge in [-0.2, -0.15) is 0 Å². The van der Waals surface area contributed by atoms with Crippen molar-refractivity contribution in [1.82, 2.24) is 10.6 Å². The van der Waals surface area contributed by atoms with E-state index in [0.29, 0.717) is 24.7 Å². The van der Waals surface area contributed by atoms with Gasteiger partial charge in [-0.05, 0) is 24.7 Å². The van der Waals surface area contributed by atoms with Gasteiger partial charge in [0.1, 0.15) is 0 Å². The van der Waals surface area contributed by atoms with Gasteiger partial charge in [0, 0.05) is 12.8 Å². The zero-order valence-corrected chi connectivity index (χ0v) is 11.5. The van der Waals surface area contributed by atoms with E-state index in [1.54, 1.807) is 0 Å². The topological polar surface area (TPSA) is 58.2 Å². The summed E-state index contributed by atoms with van der Waals surface area (Å²) in [6.45, 7) is 8.58. The van der Waals surface area contributed by atoms with E-state index in [-0.39, 0.29) is 18.5 Å². The molecule has 0 saturated heterocycles. The molecule has 0 saturated carbocycles. The molecular formula is C13H26N2O2. The van der Waals surface area contributed by atoms with Gasteiger partial charge in [0.15, 0.2) is 0 Å². The first-order chi connectivity index (χ1) is 7.91. The number of rotatable bonds is 8. The predicted octanol–water partition coefficient (Wildman–Crippen LogP) is 2.05. The number of nitrogens with one attached hydrogen (secondary N) is 2. The highest BCUT2D eigenvalue weighted by atomic mass is 16.2. The van der Waals surface area contributed by atoms with Crippen LogP contribution in [0.3, 0.4) is 0 Å². The molecule has 0 aliphatic carbocycles. The van der Waals surface area contributed by atoms with Gasteiger partial charge in [-0.3, -0.25) is 9.59 Å². The van der Waals surface area contributed by atoms with Crippen molar-refractivity contribution in [3.05, 3.63) is 0 Å². The molecule has 0 rings (SSSR count). The summed E-state index contributed by atoms with van der Waals surface area (Å²) in [5.74, 6) is 1.06. The maximum Gasteiger partial charge on any atom is 0.221 e. The van der Waals surface area contributed by atoms with Crippen molar-refractivity contribution in [2.75, 3.05) is 6.67 Å². The van der Waals surface area contributed by atoms with Crippen LogP contribution in [0.1, 0.15) is 53.4 Å². The lowest BCUT2D eigenvalue weighted by Crippen LogP contribution is -2.37. The van der Waals surface area contributed by atoms with Crippen LogP contribution in [-0.4, -0.2) is 18.5 Å². The van der Waals surface area contributed by atoms with Crippen LogP contribution in [0, 0.1) is 11.8 Å². The molecule has 0 bridgehead atoms. The first kappa shape index (κ1) is 15.9. The maximum atomic E-state index is 11.3. The van der Waals surface area contributed by atoms with Crippen LogP contribution in [-0.2, 0) is 9.59 Å². The van der Waals surface area contributed by atoms with Crippen LogP contribution in [0.4, 0.5) is 0 Å². The van der Waals surface area contributed by atoms with Crippen LogP contribution >= 0.6 is 0 Å². The first-order valence-corrected chi connectivity index (χ1v) is 6.45. The predicted molar refractivity (Wildman–Crippen MR) is 69.3 cm³/mol. The van der Waals surface area contributed by atoms with Crippen LogP contribution in [0.5, 0.6) is 0 Å². The smallest absolute Gasteiger partial charge is 0.221 e. The van der Waals surface area contributed by atoms with Crippen LogP contribution in [0.15, 0.2) is 0 Å². The van der Waals surface area contributed by atoms with E-state index >= 15 is 0 Å². The SMILES string of the molecule is CC(C)CCC(=O)NCNC(=O)CCC(C)C. The van der Waals surface area contributed by atoms with Gasteiger partial charge >= 0.3 is 0 Å². The van der Waals surface area contributed by atoms with Crippen molar-refractivity contribution < 1.29 is 9.59 Å². The molecule has 0 unspecified atom stereocenters. The molecule has 0 aromatic heterocycles. The summed E-state index contributed by atoms with van der Waals surface area (Å²) >= 11 is 0. The Morgan fingerprint density at radius 3 is 1.47 bits per heavy atom. The van der Waals surface area contributed by atoms with Crippen molar-refractivity contribution in [2.45, 2.75) is 53.4 Å². The Morgan fingerprint density at radius 1 is 0.824 bits per heavy atom. The molecule has 4 nitrogen and oxygen atoms in total. The fourth-order valence-corrected chi connectivity index (χ4v) is 1.26. The van der Waals surface area contributed by atoms with Gasteiger partial charge < -0.3 is 10.6 Å². The van der Waals surface area contributed by atoms with Crippen molar-refractivity contribution in [3.8, 4) is 0 Å². The lowest BCUT2D eigenvalue weighted by molar-refractivity contribution is -0.123. The number of hydrogen-bond donors (Lipinski definition) is 2. The molecule has 0 atom stereocenters. The summed E-state index contributed by atoms with van der Waals surface area (Å²) in [5.41, 5.74) is 0. The largest absolute Gasteiger partial charge is 0.339 e. The van der Waals surface area contributed by atoms with E-state index in [0.717, 1.165) is 12.8 Å². The van der Waals surface area contributed by atoms with Crippen LogP contribution in [0.2, 0.25) is 0 Å². The third-order valence-corrected chi connectivity index (χ3v) is 2.47. The molecule has 2 N–H and O–H groups in total. The van der Waals surface area contributed by atoms with E-state index in [1.807, 2.05) is 0 Å². The number of carbonyl (C=O) groups is 2. The maximum absolute atomic E-state index is 11.3. The molecular weight excluding hydrogens is 216 g/mol. The molecule has 100 valence electrons. The Kier molecular flexibility index (Phi) is 8.46. The second-order valence-corrected chi connectivity index (χ2v) is 5.24. The fourth-order valence-electron chi connectivity index (χ4n) is 1.26. The van der Waals surface area contributed by atoms with Gasteiger partial charge in [0.2, 0.25) is 11.8 Å². The quantitative estimate of drug-likeness (QED) is 0.640. The van der Waals surface area contributed by atoms with E-state index in [4.69, 9.17) is 0 Å². The fraction of sp³-hybridized carbons (Fsp3) is 0.846. The summed E-state index contributed by atoms with van der Waals surface area (Å²) in [5, 5.41) is 5.37. The zero-order valence-electron chi connectivity index (χ0n) is 11.5. The van der Waals surface area contributed by atoms with Crippen molar-refractivity contribution in [2.24, 2.45) is 11.8 Å². The zero-order chi connectivity index (χ0) is 13.3. The minimum atomic E-state index is 0.00265. The average Bonchev–Trinajstić information content (AvgIpc) is 2.23. The Balaban J connectivity index is 3.49. The van der Waals surface area contributed by atoms with E-state index < -0.39 is 0 Å². The Morgan fingerprint density at radius 2 is 1.18 bits per heavy atom. The minimum Gasteiger partial charge on any atom is -0.339 e. The first-order valence-electron chi connectivity index (χ1n) is 6.45. The van der Waals surface area contributed by atoms with Gasteiger partial charge in [-0.1, -0.05) is 27.7 Å². The lowest BCUT2D eigenvalue weighted by Gasteiger charge is -2.09. The molecule has 0 aliphatic rings. The van der Waals surface area contributed by atoms with Crippen molar-refractivity contribution in [3.63, 3.8) is 0 Å². The second kappa shape index (κ2) is 9.02. The molecule has 0 aliphatic heterocycles. The highest BCUT2D eigenvalue weighted by Gasteiger charge is 2.05. The Labute approximate surface area is 105 Å². The Hall–Kier alpha value is -1.06. The molecule has 0 spiro atoms. The number of amides is 2. The molecule has 17 heavy (non-hydrogen) atoms. The molecule has 0 aromatic rings. The van der Waals surface area contributed by atoms with Crippen LogP contribution in [0.25, 0.3) is 0 Å². The third-order valence-electron chi connectivity index (χ3n) is 2.47. The summed E-state index contributed by atoms with van der Waals surface area (Å²) in [6, 6.07) is 0. The highest BCUT2D eigenvalue weighted by molar-refractivity contribution is 5.78.